The standard InChI is InChI=1S/C15H33N/c1-5-6-7-8-9-10-11-15(13-16-4)12-14(2)3/h14-16H,5-13H2,1-4H3. The van der Waals surface area contributed by atoms with E-state index in [0.29, 0.717) is 0 Å². The lowest BCUT2D eigenvalue weighted by Gasteiger charge is -2.18. The zero-order valence-electron chi connectivity index (χ0n) is 12.0. The molecule has 0 aliphatic heterocycles. The van der Waals surface area contributed by atoms with Gasteiger partial charge in [-0.2, -0.15) is 0 Å². The van der Waals surface area contributed by atoms with Gasteiger partial charge in [0.25, 0.3) is 0 Å². The molecule has 0 amide bonds. The molecule has 0 aromatic rings. The number of hydrogen-bond acceptors (Lipinski definition) is 1. The van der Waals surface area contributed by atoms with E-state index in [1.54, 1.807) is 0 Å². The highest BCUT2D eigenvalue weighted by Gasteiger charge is 2.09. The van der Waals surface area contributed by atoms with Crippen LogP contribution in [-0.4, -0.2) is 13.6 Å². The molecule has 1 N–H and O–H groups in total. The molecule has 0 heterocycles. The normalized spacial score (nSPS) is 13.3. The highest BCUT2D eigenvalue weighted by Crippen LogP contribution is 2.18. The predicted octanol–water partition coefficient (Wildman–Crippen LogP) is 4.62. The van der Waals surface area contributed by atoms with E-state index in [4.69, 9.17) is 0 Å². The maximum atomic E-state index is 3.33. The van der Waals surface area contributed by atoms with Gasteiger partial charge in [0.15, 0.2) is 0 Å². The largest absolute Gasteiger partial charge is 0.319 e. The zero-order valence-corrected chi connectivity index (χ0v) is 12.0. The summed E-state index contributed by atoms with van der Waals surface area (Å²) >= 11 is 0. The van der Waals surface area contributed by atoms with Crippen molar-refractivity contribution in [3.05, 3.63) is 0 Å². The van der Waals surface area contributed by atoms with E-state index in [1.165, 1.54) is 57.9 Å². The van der Waals surface area contributed by atoms with Crippen LogP contribution in [0.25, 0.3) is 0 Å². The number of hydrogen-bond donors (Lipinski definition) is 1. The van der Waals surface area contributed by atoms with Gasteiger partial charge in [0, 0.05) is 0 Å². The van der Waals surface area contributed by atoms with Gasteiger partial charge in [0.2, 0.25) is 0 Å². The Morgan fingerprint density at radius 1 is 0.938 bits per heavy atom. The average Bonchev–Trinajstić information content (AvgIpc) is 2.22. The monoisotopic (exact) mass is 227 g/mol. The van der Waals surface area contributed by atoms with E-state index in [0.717, 1.165) is 11.8 Å². The fourth-order valence-electron chi connectivity index (χ4n) is 2.47. The van der Waals surface area contributed by atoms with Gasteiger partial charge >= 0.3 is 0 Å². The Kier molecular flexibility index (Phi) is 11.4. The van der Waals surface area contributed by atoms with E-state index < -0.39 is 0 Å². The maximum Gasteiger partial charge on any atom is -0.00234 e. The Hall–Kier alpha value is -0.0400. The van der Waals surface area contributed by atoms with Crippen molar-refractivity contribution >= 4 is 0 Å². The van der Waals surface area contributed by atoms with Crippen molar-refractivity contribution < 1.29 is 0 Å². The first-order chi connectivity index (χ1) is 7.70. The van der Waals surface area contributed by atoms with Crippen LogP contribution in [0.4, 0.5) is 0 Å². The van der Waals surface area contributed by atoms with E-state index in [1.807, 2.05) is 0 Å². The van der Waals surface area contributed by atoms with Crippen molar-refractivity contribution in [3.8, 4) is 0 Å². The molecule has 1 nitrogen and oxygen atoms in total. The summed E-state index contributed by atoms with van der Waals surface area (Å²) in [4.78, 5) is 0. The molecule has 16 heavy (non-hydrogen) atoms. The minimum absolute atomic E-state index is 0.846. The van der Waals surface area contributed by atoms with E-state index in [2.05, 4.69) is 33.1 Å². The van der Waals surface area contributed by atoms with Crippen molar-refractivity contribution in [2.24, 2.45) is 11.8 Å². The summed E-state index contributed by atoms with van der Waals surface area (Å²) in [5, 5.41) is 3.33. The Morgan fingerprint density at radius 2 is 1.56 bits per heavy atom. The van der Waals surface area contributed by atoms with Crippen LogP contribution >= 0.6 is 0 Å². The van der Waals surface area contributed by atoms with Crippen LogP contribution in [0.1, 0.15) is 72.1 Å². The van der Waals surface area contributed by atoms with Crippen LogP contribution in [0.3, 0.4) is 0 Å². The highest BCUT2D eigenvalue weighted by molar-refractivity contribution is 4.64. The second-order valence-corrected chi connectivity index (χ2v) is 5.61. The third-order valence-corrected chi connectivity index (χ3v) is 3.26. The number of rotatable bonds is 11. The van der Waals surface area contributed by atoms with Gasteiger partial charge in [-0.05, 0) is 38.3 Å². The molecule has 1 unspecified atom stereocenters. The molecule has 0 aliphatic rings. The van der Waals surface area contributed by atoms with Crippen molar-refractivity contribution in [1.29, 1.82) is 0 Å². The second kappa shape index (κ2) is 11.4. The molecular formula is C15H33N. The Labute approximate surface area is 103 Å². The van der Waals surface area contributed by atoms with Gasteiger partial charge in [-0.25, -0.2) is 0 Å². The number of unbranched alkanes of at least 4 members (excludes halogenated alkanes) is 5. The molecule has 0 saturated carbocycles. The summed E-state index contributed by atoms with van der Waals surface area (Å²) in [6.07, 6.45) is 11.4. The third-order valence-electron chi connectivity index (χ3n) is 3.26. The van der Waals surface area contributed by atoms with Gasteiger partial charge in [-0.15, -0.1) is 0 Å². The lowest BCUT2D eigenvalue weighted by Crippen LogP contribution is -2.20. The zero-order chi connectivity index (χ0) is 12.2. The van der Waals surface area contributed by atoms with Crippen LogP contribution < -0.4 is 5.32 Å². The van der Waals surface area contributed by atoms with E-state index >= 15 is 0 Å². The summed E-state index contributed by atoms with van der Waals surface area (Å²) < 4.78 is 0. The van der Waals surface area contributed by atoms with Crippen molar-refractivity contribution in [2.75, 3.05) is 13.6 Å². The Bertz CT molecular complexity index is 131. The second-order valence-electron chi connectivity index (χ2n) is 5.61. The molecule has 0 bridgehead atoms. The smallest absolute Gasteiger partial charge is 0.00234 e. The van der Waals surface area contributed by atoms with Gasteiger partial charge in [0.05, 0.1) is 0 Å². The lowest BCUT2D eigenvalue weighted by atomic mass is 9.91. The predicted molar refractivity (Wildman–Crippen MR) is 74.9 cm³/mol. The van der Waals surface area contributed by atoms with Gasteiger partial charge < -0.3 is 5.32 Å². The molecule has 0 saturated heterocycles. The van der Waals surface area contributed by atoms with Crippen LogP contribution in [0.5, 0.6) is 0 Å². The van der Waals surface area contributed by atoms with Crippen LogP contribution in [0.15, 0.2) is 0 Å². The molecule has 1 heteroatoms. The van der Waals surface area contributed by atoms with E-state index in [9.17, 15) is 0 Å². The molecule has 0 radical (unpaired) electrons. The molecule has 0 spiro atoms. The molecule has 98 valence electrons. The molecule has 0 aromatic carbocycles. The average molecular weight is 227 g/mol. The summed E-state index contributed by atoms with van der Waals surface area (Å²) in [6, 6.07) is 0. The molecule has 0 fully saturated rings. The first kappa shape index (κ1) is 16.0. The highest BCUT2D eigenvalue weighted by atomic mass is 14.8. The minimum atomic E-state index is 0.846. The van der Waals surface area contributed by atoms with Crippen molar-refractivity contribution in [2.45, 2.75) is 72.1 Å². The fourth-order valence-corrected chi connectivity index (χ4v) is 2.47. The molecule has 0 rings (SSSR count). The number of nitrogens with one attached hydrogen (secondary N) is 1. The van der Waals surface area contributed by atoms with Crippen molar-refractivity contribution in [1.82, 2.24) is 5.32 Å². The van der Waals surface area contributed by atoms with Crippen LogP contribution in [0.2, 0.25) is 0 Å². The van der Waals surface area contributed by atoms with Crippen LogP contribution in [0, 0.1) is 11.8 Å². The topological polar surface area (TPSA) is 12.0 Å². The minimum Gasteiger partial charge on any atom is -0.319 e. The van der Waals surface area contributed by atoms with E-state index in [-0.39, 0.29) is 0 Å². The summed E-state index contributed by atoms with van der Waals surface area (Å²) in [6.45, 7) is 8.16. The molecule has 1 atom stereocenters. The van der Waals surface area contributed by atoms with Crippen LogP contribution in [-0.2, 0) is 0 Å². The Balaban J connectivity index is 3.44. The Morgan fingerprint density at radius 3 is 2.12 bits per heavy atom. The lowest BCUT2D eigenvalue weighted by molar-refractivity contribution is 0.361. The van der Waals surface area contributed by atoms with Crippen molar-refractivity contribution in [3.63, 3.8) is 0 Å². The summed E-state index contributed by atoms with van der Waals surface area (Å²) in [5.74, 6) is 1.75. The first-order valence-corrected chi connectivity index (χ1v) is 7.35. The fraction of sp³-hybridized carbons (Fsp3) is 1.00. The van der Waals surface area contributed by atoms with Gasteiger partial charge in [-0.1, -0.05) is 59.3 Å². The summed E-state index contributed by atoms with van der Waals surface area (Å²) in [7, 11) is 2.08. The quantitative estimate of drug-likeness (QED) is 0.508. The molecular weight excluding hydrogens is 194 g/mol. The summed E-state index contributed by atoms with van der Waals surface area (Å²) in [5.41, 5.74) is 0. The van der Waals surface area contributed by atoms with Gasteiger partial charge in [0.1, 0.15) is 0 Å². The molecule has 0 aliphatic carbocycles. The molecule has 0 aromatic heterocycles. The third kappa shape index (κ3) is 10.5. The maximum absolute atomic E-state index is 3.33. The van der Waals surface area contributed by atoms with Gasteiger partial charge in [-0.3, -0.25) is 0 Å². The SMILES string of the molecule is CCCCCCCCC(CNC)CC(C)C. The first-order valence-electron chi connectivity index (χ1n) is 7.35.